The predicted molar refractivity (Wildman–Crippen MR) is 175 cm³/mol. The van der Waals surface area contributed by atoms with Crippen LogP contribution < -0.4 is 20.9 Å². The third-order valence-corrected chi connectivity index (χ3v) is 7.48. The summed E-state index contributed by atoms with van der Waals surface area (Å²) in [7, 11) is 3.68. The lowest BCUT2D eigenvalue weighted by atomic mass is 10.0. The Labute approximate surface area is 266 Å². The van der Waals surface area contributed by atoms with Crippen LogP contribution in [0.1, 0.15) is 10.4 Å². The van der Waals surface area contributed by atoms with Gasteiger partial charge in [0.15, 0.2) is 0 Å². The van der Waals surface area contributed by atoms with E-state index >= 15 is 0 Å². The second-order valence-corrected chi connectivity index (χ2v) is 10.6. The molecule has 0 radical (unpaired) electrons. The van der Waals surface area contributed by atoms with E-state index in [0.717, 1.165) is 22.4 Å². The molecule has 0 fully saturated rings. The molecule has 0 saturated heterocycles. The molecular weight excluding hydrogens is 601 g/mol. The molecule has 0 bridgehead atoms. The van der Waals surface area contributed by atoms with Gasteiger partial charge in [-0.2, -0.15) is 5.10 Å². The Morgan fingerprint density at radius 3 is 2.49 bits per heavy atom. The molecule has 0 aliphatic heterocycles. The second kappa shape index (κ2) is 12.1. The molecular formula is C35H26FN7O4. The zero-order valence-corrected chi connectivity index (χ0v) is 25.1. The molecule has 0 aliphatic carbocycles. The highest BCUT2D eigenvalue weighted by molar-refractivity contribution is 6.04. The average Bonchev–Trinajstić information content (AvgIpc) is 3.70. The number of carbonyl (C=O) groups is 1. The number of hydrogen-bond acceptors (Lipinski definition) is 8. The maximum Gasteiger partial charge on any atom is 0.267 e. The number of furan rings is 1. The lowest BCUT2D eigenvalue weighted by Crippen LogP contribution is -2.27. The minimum absolute atomic E-state index is 0.0696. The van der Waals surface area contributed by atoms with Crippen LogP contribution in [-0.4, -0.2) is 37.3 Å². The summed E-state index contributed by atoms with van der Waals surface area (Å²) in [5.41, 5.74) is 3.92. The average molecular weight is 628 g/mol. The number of hydrogen-bond donors (Lipinski definition) is 2. The Bertz CT molecular complexity index is 2310. The van der Waals surface area contributed by atoms with Gasteiger partial charge in [-0.15, -0.1) is 0 Å². The van der Waals surface area contributed by atoms with E-state index in [1.165, 1.54) is 47.4 Å². The number of ether oxygens (including phenoxy) is 1. The number of nitrogens with zero attached hydrogens (tertiary/aromatic N) is 5. The first-order chi connectivity index (χ1) is 22.9. The van der Waals surface area contributed by atoms with Gasteiger partial charge in [0.05, 0.1) is 11.8 Å². The zero-order chi connectivity index (χ0) is 32.5. The summed E-state index contributed by atoms with van der Waals surface area (Å²) in [5.74, 6) is 0.282. The van der Waals surface area contributed by atoms with Crippen LogP contribution in [-0.2, 0) is 7.05 Å². The van der Waals surface area contributed by atoms with Crippen LogP contribution in [0.2, 0.25) is 0 Å². The first-order valence-electron chi connectivity index (χ1n) is 14.5. The van der Waals surface area contributed by atoms with Crippen molar-refractivity contribution < 1.29 is 18.3 Å². The fourth-order valence-electron chi connectivity index (χ4n) is 5.22. The molecule has 7 aromatic rings. The van der Waals surface area contributed by atoms with E-state index in [9.17, 15) is 14.0 Å². The number of amides is 1. The van der Waals surface area contributed by atoms with Crippen molar-refractivity contribution in [3.63, 3.8) is 0 Å². The molecule has 0 saturated carbocycles. The van der Waals surface area contributed by atoms with Crippen molar-refractivity contribution in [2.24, 2.45) is 7.05 Å². The van der Waals surface area contributed by atoms with Crippen molar-refractivity contribution in [2.75, 3.05) is 17.7 Å². The largest absolute Gasteiger partial charge is 0.438 e. The molecule has 7 rings (SSSR count). The third kappa shape index (κ3) is 5.71. The second-order valence-electron chi connectivity index (χ2n) is 10.6. The molecule has 4 aromatic heterocycles. The Morgan fingerprint density at radius 2 is 1.74 bits per heavy atom. The van der Waals surface area contributed by atoms with Gasteiger partial charge in [0.1, 0.15) is 34.6 Å². The summed E-state index contributed by atoms with van der Waals surface area (Å²) in [5, 5.41) is 10.8. The van der Waals surface area contributed by atoms with Crippen molar-refractivity contribution >= 4 is 28.4 Å². The highest BCUT2D eigenvalue weighted by Gasteiger charge is 2.24. The monoisotopic (exact) mass is 627 g/mol. The minimum atomic E-state index is -0.590. The van der Waals surface area contributed by atoms with Gasteiger partial charge in [0.2, 0.25) is 11.6 Å². The number of rotatable bonds is 8. The topological polar surface area (TPSA) is 129 Å². The summed E-state index contributed by atoms with van der Waals surface area (Å²) in [6.45, 7) is 0. The zero-order valence-electron chi connectivity index (χ0n) is 25.1. The Kier molecular flexibility index (Phi) is 7.50. The van der Waals surface area contributed by atoms with Crippen molar-refractivity contribution in [2.45, 2.75) is 0 Å². The molecule has 0 atom stereocenters. The third-order valence-electron chi connectivity index (χ3n) is 7.48. The Balaban J connectivity index is 1.18. The quantitative estimate of drug-likeness (QED) is 0.191. The lowest BCUT2D eigenvalue weighted by molar-refractivity contribution is 0.102. The fraction of sp³-hybridized carbons (Fsp3) is 0.0571. The van der Waals surface area contributed by atoms with Gasteiger partial charge in [0.25, 0.3) is 11.5 Å². The maximum absolute atomic E-state index is 13.4. The summed E-state index contributed by atoms with van der Waals surface area (Å²) >= 11 is 0. The number of carbonyl (C=O) groups excluding carboxylic acids is 1. The Morgan fingerprint density at radius 1 is 0.936 bits per heavy atom. The van der Waals surface area contributed by atoms with Gasteiger partial charge in [-0.3, -0.25) is 18.8 Å². The molecule has 1 amide bonds. The number of pyridine rings is 1. The van der Waals surface area contributed by atoms with E-state index in [2.05, 4.69) is 25.7 Å². The van der Waals surface area contributed by atoms with E-state index in [1.54, 1.807) is 41.2 Å². The summed E-state index contributed by atoms with van der Waals surface area (Å²) < 4.78 is 28.9. The normalized spacial score (nSPS) is 11.0. The summed E-state index contributed by atoms with van der Waals surface area (Å²) in [6.07, 6.45) is 6.47. The van der Waals surface area contributed by atoms with Crippen LogP contribution in [0, 0.1) is 5.82 Å². The van der Waals surface area contributed by atoms with Gasteiger partial charge in [-0.05, 0) is 78.4 Å². The van der Waals surface area contributed by atoms with Crippen LogP contribution in [0.15, 0.2) is 119 Å². The summed E-state index contributed by atoms with van der Waals surface area (Å²) in [6, 6.07) is 23.0. The minimum Gasteiger partial charge on any atom is -0.438 e. The van der Waals surface area contributed by atoms with Crippen molar-refractivity contribution in [3.8, 4) is 39.8 Å². The number of anilines is 2. The smallest absolute Gasteiger partial charge is 0.267 e. The van der Waals surface area contributed by atoms with Gasteiger partial charge in [-0.1, -0.05) is 12.1 Å². The molecule has 2 N–H and O–H groups in total. The molecule has 0 aliphatic rings. The number of halogens is 1. The van der Waals surface area contributed by atoms with Crippen molar-refractivity contribution in [3.05, 3.63) is 132 Å². The number of aryl methyl sites for hydroxylation is 1. The number of fused-ring (bicyclic) bond motifs is 1. The SMILES string of the molecule is CNc1cccc(-c2c(-c3cnn(C)c3)oc3ncnc(Oc4ccc(NC(=O)c5cccn(-c6ccc(F)cc6)c5=O)cc4)c23)c1. The molecule has 47 heavy (non-hydrogen) atoms. The van der Waals surface area contributed by atoms with Gasteiger partial charge in [-0.25, -0.2) is 14.4 Å². The van der Waals surface area contributed by atoms with E-state index in [-0.39, 0.29) is 11.4 Å². The molecule has 11 nitrogen and oxygen atoms in total. The number of nitrogens with one attached hydrogen (secondary N) is 2. The predicted octanol–water partition coefficient (Wildman–Crippen LogP) is 6.67. The first-order valence-corrected chi connectivity index (χ1v) is 14.5. The molecule has 232 valence electrons. The van der Waals surface area contributed by atoms with E-state index in [4.69, 9.17) is 9.15 Å². The number of benzene rings is 3. The Hall–Kier alpha value is -6.56. The standard InChI is InChI=1S/C35H26FN7O4/c1-37-25-6-3-5-21(17-25)29-30-33(38-20-39-34(30)47-31(29)22-18-40-42(2)19-22)46-27-14-10-24(11-15-27)41-32(44)28-7-4-16-43(35(28)45)26-12-8-23(36)9-13-26/h3-20,37H,1-2H3,(H,41,44). The van der Waals surface area contributed by atoms with E-state index in [1.807, 2.05) is 44.6 Å². The van der Waals surface area contributed by atoms with Crippen molar-refractivity contribution in [1.29, 1.82) is 0 Å². The lowest BCUT2D eigenvalue weighted by Gasteiger charge is -2.10. The van der Waals surface area contributed by atoms with Crippen molar-refractivity contribution in [1.82, 2.24) is 24.3 Å². The van der Waals surface area contributed by atoms with Crippen LogP contribution in [0.25, 0.3) is 39.2 Å². The highest BCUT2D eigenvalue weighted by Crippen LogP contribution is 2.44. The summed E-state index contributed by atoms with van der Waals surface area (Å²) in [4.78, 5) is 35.0. The molecule has 0 spiro atoms. The van der Waals surface area contributed by atoms with Crippen LogP contribution in [0.5, 0.6) is 11.6 Å². The van der Waals surface area contributed by atoms with E-state index in [0.29, 0.717) is 34.0 Å². The van der Waals surface area contributed by atoms with Gasteiger partial charge >= 0.3 is 0 Å². The molecule has 0 unspecified atom stereocenters. The number of aromatic nitrogens is 5. The first kappa shape index (κ1) is 29.2. The fourth-order valence-corrected chi connectivity index (χ4v) is 5.22. The van der Waals surface area contributed by atoms with Gasteiger partial charge in [0, 0.05) is 49.1 Å². The molecule has 12 heteroatoms. The van der Waals surface area contributed by atoms with Crippen LogP contribution >= 0.6 is 0 Å². The van der Waals surface area contributed by atoms with E-state index < -0.39 is 17.3 Å². The molecule has 4 heterocycles. The maximum atomic E-state index is 13.4. The van der Waals surface area contributed by atoms with Crippen LogP contribution in [0.3, 0.4) is 0 Å². The highest BCUT2D eigenvalue weighted by atomic mass is 19.1. The van der Waals surface area contributed by atoms with Gasteiger partial charge < -0.3 is 19.8 Å². The van der Waals surface area contributed by atoms with Crippen LogP contribution in [0.4, 0.5) is 15.8 Å². The molecule has 3 aromatic carbocycles.